The van der Waals surface area contributed by atoms with Gasteiger partial charge in [-0.25, -0.2) is 12.8 Å². The van der Waals surface area contributed by atoms with E-state index in [1.807, 2.05) is 0 Å². The standard InChI is InChI=1S/C11H11BrFNO5S/c1-14(5-9(15)16)11(17)7-3-6(12)4-8(10(7)13)20(2,18)19/h3-4H,5H2,1-2H3,(H,15,16). The molecule has 0 aliphatic carbocycles. The number of halogens is 2. The molecular formula is C11H11BrFNO5S. The van der Waals surface area contributed by atoms with Crippen LogP contribution in [0, 0.1) is 5.82 Å². The van der Waals surface area contributed by atoms with Crippen molar-refractivity contribution in [3.8, 4) is 0 Å². The van der Waals surface area contributed by atoms with Crippen LogP contribution in [-0.2, 0) is 14.6 Å². The predicted molar refractivity (Wildman–Crippen MR) is 71.8 cm³/mol. The summed E-state index contributed by atoms with van der Waals surface area (Å²) in [7, 11) is -2.68. The molecule has 1 N–H and O–H groups in total. The maximum absolute atomic E-state index is 14.1. The highest BCUT2D eigenvalue weighted by molar-refractivity contribution is 9.10. The largest absolute Gasteiger partial charge is 0.480 e. The topological polar surface area (TPSA) is 91.8 Å². The molecule has 110 valence electrons. The molecule has 1 rings (SSSR count). The summed E-state index contributed by atoms with van der Waals surface area (Å²) in [6.45, 7) is -0.626. The highest BCUT2D eigenvalue weighted by Crippen LogP contribution is 2.24. The number of nitrogens with zero attached hydrogens (tertiary/aromatic N) is 1. The number of rotatable bonds is 4. The Morgan fingerprint density at radius 2 is 1.95 bits per heavy atom. The highest BCUT2D eigenvalue weighted by atomic mass is 79.9. The van der Waals surface area contributed by atoms with E-state index in [2.05, 4.69) is 15.9 Å². The van der Waals surface area contributed by atoms with Gasteiger partial charge in [0.05, 0.1) is 5.56 Å². The SMILES string of the molecule is CN(CC(=O)O)C(=O)c1cc(Br)cc(S(C)(=O)=O)c1F. The fourth-order valence-corrected chi connectivity index (χ4v) is 2.86. The van der Waals surface area contributed by atoms with Gasteiger partial charge in [-0.3, -0.25) is 9.59 Å². The molecule has 0 aliphatic rings. The third-order valence-corrected chi connectivity index (χ3v) is 3.91. The molecule has 1 aromatic rings. The molecule has 6 nitrogen and oxygen atoms in total. The van der Waals surface area contributed by atoms with Crippen molar-refractivity contribution in [2.75, 3.05) is 19.8 Å². The Kier molecular flexibility index (Phi) is 4.87. The summed E-state index contributed by atoms with van der Waals surface area (Å²) in [5.41, 5.74) is -0.511. The lowest BCUT2D eigenvalue weighted by Crippen LogP contribution is -2.32. The fraction of sp³-hybridized carbons (Fsp3) is 0.273. The number of amides is 1. The minimum atomic E-state index is -3.85. The zero-order chi connectivity index (χ0) is 15.7. The maximum atomic E-state index is 14.1. The summed E-state index contributed by atoms with van der Waals surface area (Å²) in [4.78, 5) is 22.6. The smallest absolute Gasteiger partial charge is 0.323 e. The molecule has 0 atom stereocenters. The molecule has 1 amide bonds. The molecule has 0 saturated carbocycles. The van der Waals surface area contributed by atoms with Crippen LogP contribution in [0.2, 0.25) is 0 Å². The number of benzene rings is 1. The van der Waals surface area contributed by atoms with E-state index in [9.17, 15) is 22.4 Å². The van der Waals surface area contributed by atoms with E-state index in [1.165, 1.54) is 7.05 Å². The van der Waals surface area contributed by atoms with Crippen LogP contribution in [0.1, 0.15) is 10.4 Å². The van der Waals surface area contributed by atoms with E-state index >= 15 is 0 Å². The average molecular weight is 368 g/mol. The first kappa shape index (κ1) is 16.6. The van der Waals surface area contributed by atoms with E-state index in [0.717, 1.165) is 23.3 Å². The molecule has 20 heavy (non-hydrogen) atoms. The van der Waals surface area contributed by atoms with Gasteiger partial charge >= 0.3 is 5.97 Å². The first-order valence-electron chi connectivity index (χ1n) is 5.20. The highest BCUT2D eigenvalue weighted by Gasteiger charge is 2.24. The predicted octanol–water partition coefficient (Wildman–Crippen LogP) is 1.15. The summed E-state index contributed by atoms with van der Waals surface area (Å²) in [5, 5.41) is 8.59. The molecule has 0 radical (unpaired) electrons. The minimum absolute atomic E-state index is 0.200. The Bertz CT molecular complexity index is 674. The first-order valence-corrected chi connectivity index (χ1v) is 7.89. The lowest BCUT2D eigenvalue weighted by molar-refractivity contribution is -0.137. The molecule has 0 heterocycles. The minimum Gasteiger partial charge on any atom is -0.480 e. The van der Waals surface area contributed by atoms with Crippen LogP contribution in [0.3, 0.4) is 0 Å². The number of carbonyl (C=O) groups excluding carboxylic acids is 1. The molecule has 0 bridgehead atoms. The Hall–Kier alpha value is -1.48. The molecule has 9 heteroatoms. The van der Waals surface area contributed by atoms with Gasteiger partial charge in [0, 0.05) is 17.8 Å². The van der Waals surface area contributed by atoms with Gasteiger partial charge in [0.2, 0.25) is 0 Å². The van der Waals surface area contributed by atoms with E-state index in [-0.39, 0.29) is 4.47 Å². The zero-order valence-corrected chi connectivity index (χ0v) is 13.0. The van der Waals surface area contributed by atoms with Crippen molar-refractivity contribution in [2.45, 2.75) is 4.90 Å². The molecule has 0 fully saturated rings. The van der Waals surface area contributed by atoms with Gasteiger partial charge in [-0.05, 0) is 12.1 Å². The summed E-state index contributed by atoms with van der Waals surface area (Å²) >= 11 is 2.99. The third-order valence-electron chi connectivity index (χ3n) is 2.35. The van der Waals surface area contributed by atoms with Crippen LogP contribution < -0.4 is 0 Å². The molecule has 0 unspecified atom stereocenters. The second-order valence-corrected chi connectivity index (χ2v) is 6.99. The van der Waals surface area contributed by atoms with Crippen molar-refractivity contribution >= 4 is 37.6 Å². The van der Waals surface area contributed by atoms with Crippen molar-refractivity contribution in [3.05, 3.63) is 28.0 Å². The number of hydrogen-bond acceptors (Lipinski definition) is 4. The molecule has 0 aromatic heterocycles. The normalized spacial score (nSPS) is 11.2. The van der Waals surface area contributed by atoms with Crippen molar-refractivity contribution in [2.24, 2.45) is 0 Å². The Morgan fingerprint density at radius 3 is 2.40 bits per heavy atom. The van der Waals surface area contributed by atoms with Crippen molar-refractivity contribution < 1.29 is 27.5 Å². The molecule has 0 aliphatic heterocycles. The summed E-state index contributed by atoms with van der Waals surface area (Å²) in [5.74, 6) is -3.38. The van der Waals surface area contributed by atoms with E-state index in [0.29, 0.717) is 0 Å². The van der Waals surface area contributed by atoms with Gasteiger partial charge in [0.25, 0.3) is 5.91 Å². The molecule has 0 saturated heterocycles. The van der Waals surface area contributed by atoms with Crippen LogP contribution in [0.15, 0.2) is 21.5 Å². The second-order valence-electron chi connectivity index (χ2n) is 4.09. The Morgan fingerprint density at radius 1 is 1.40 bits per heavy atom. The average Bonchev–Trinajstić information content (AvgIpc) is 2.28. The van der Waals surface area contributed by atoms with Crippen LogP contribution in [-0.4, -0.2) is 50.1 Å². The van der Waals surface area contributed by atoms with Gasteiger partial charge in [-0.15, -0.1) is 0 Å². The Labute approximate surface area is 123 Å². The molecule has 1 aromatic carbocycles. The van der Waals surface area contributed by atoms with Gasteiger partial charge in [-0.1, -0.05) is 15.9 Å². The van der Waals surface area contributed by atoms with Crippen molar-refractivity contribution in [1.29, 1.82) is 0 Å². The van der Waals surface area contributed by atoms with Crippen molar-refractivity contribution in [3.63, 3.8) is 0 Å². The molecule has 0 spiro atoms. The Balaban J connectivity index is 3.36. The van der Waals surface area contributed by atoms with Crippen LogP contribution >= 0.6 is 15.9 Å². The summed E-state index contributed by atoms with van der Waals surface area (Å²) < 4.78 is 37.2. The quantitative estimate of drug-likeness (QED) is 0.861. The summed E-state index contributed by atoms with van der Waals surface area (Å²) in [6.07, 6.45) is 0.813. The third kappa shape index (κ3) is 3.76. The van der Waals surface area contributed by atoms with Gasteiger partial charge in [-0.2, -0.15) is 0 Å². The first-order chi connectivity index (χ1) is 9.04. The molecular weight excluding hydrogens is 357 g/mol. The lowest BCUT2D eigenvalue weighted by Gasteiger charge is -2.16. The number of sulfone groups is 1. The van der Waals surface area contributed by atoms with E-state index in [1.54, 1.807) is 0 Å². The number of carbonyl (C=O) groups is 2. The summed E-state index contributed by atoms with van der Waals surface area (Å²) in [6, 6.07) is 2.14. The zero-order valence-electron chi connectivity index (χ0n) is 10.6. The number of likely N-dealkylation sites (N-methyl/N-ethyl adjacent to an activating group) is 1. The second kappa shape index (κ2) is 5.88. The van der Waals surface area contributed by atoms with Crippen molar-refractivity contribution in [1.82, 2.24) is 4.90 Å². The number of carboxylic acid groups (broad SMARTS) is 1. The van der Waals surface area contributed by atoms with Crippen LogP contribution in [0.4, 0.5) is 4.39 Å². The van der Waals surface area contributed by atoms with Gasteiger partial charge < -0.3 is 10.0 Å². The van der Waals surface area contributed by atoms with Crippen LogP contribution in [0.25, 0.3) is 0 Å². The maximum Gasteiger partial charge on any atom is 0.323 e. The number of aliphatic carboxylic acids is 1. The van der Waals surface area contributed by atoms with E-state index < -0.39 is 44.5 Å². The fourth-order valence-electron chi connectivity index (χ4n) is 1.47. The van der Waals surface area contributed by atoms with Gasteiger partial charge in [0.15, 0.2) is 15.7 Å². The number of carboxylic acids is 1. The lowest BCUT2D eigenvalue weighted by atomic mass is 10.2. The van der Waals surface area contributed by atoms with Crippen LogP contribution in [0.5, 0.6) is 0 Å². The monoisotopic (exact) mass is 367 g/mol. The number of hydrogen-bond donors (Lipinski definition) is 1. The van der Waals surface area contributed by atoms with E-state index in [4.69, 9.17) is 5.11 Å². The van der Waals surface area contributed by atoms with Gasteiger partial charge in [0.1, 0.15) is 11.4 Å².